The number of aromatic amines is 1. The number of carbonyl (C=O) groups excluding carboxylic acids is 1. The van der Waals surface area contributed by atoms with Crippen LogP contribution in [0, 0.1) is 0 Å². The molecule has 158 valence electrons. The zero-order valence-electron chi connectivity index (χ0n) is 16.7. The van der Waals surface area contributed by atoms with Gasteiger partial charge in [0.2, 0.25) is 0 Å². The second-order valence-electron chi connectivity index (χ2n) is 8.05. The lowest BCUT2D eigenvalue weighted by Crippen LogP contribution is -2.39. The van der Waals surface area contributed by atoms with E-state index in [1.807, 2.05) is 4.90 Å². The number of hydrogen-bond acceptors (Lipinski definition) is 7. The van der Waals surface area contributed by atoms with Gasteiger partial charge in [0.25, 0.3) is 11.7 Å². The number of nitrogens with one attached hydrogen (secondary N) is 1. The van der Waals surface area contributed by atoms with Gasteiger partial charge in [-0.3, -0.25) is 9.89 Å². The van der Waals surface area contributed by atoms with Crippen molar-refractivity contribution in [2.75, 3.05) is 19.3 Å². The van der Waals surface area contributed by atoms with E-state index in [2.05, 4.69) is 25.3 Å². The Morgan fingerprint density at radius 2 is 1.93 bits per heavy atom. The molecule has 0 radical (unpaired) electrons. The molecule has 5 rings (SSSR count). The van der Waals surface area contributed by atoms with Crippen LogP contribution in [0.15, 0.2) is 17.4 Å². The van der Waals surface area contributed by atoms with E-state index in [1.54, 1.807) is 0 Å². The average molecular weight is 430 g/mol. The third-order valence-electron chi connectivity index (χ3n) is 6.13. The van der Waals surface area contributed by atoms with Crippen molar-refractivity contribution in [1.29, 1.82) is 0 Å². The third kappa shape index (κ3) is 3.17. The second kappa shape index (κ2) is 7.15. The van der Waals surface area contributed by atoms with Gasteiger partial charge in [0, 0.05) is 36.5 Å². The largest absolute Gasteiger partial charge is 0.337 e. The number of aromatic nitrogens is 6. The summed E-state index contributed by atoms with van der Waals surface area (Å²) in [4.78, 5) is 23.3. The quantitative estimate of drug-likeness (QED) is 0.662. The van der Waals surface area contributed by atoms with Crippen molar-refractivity contribution in [2.45, 2.75) is 49.3 Å². The molecule has 1 aliphatic heterocycles. The summed E-state index contributed by atoms with van der Waals surface area (Å²) in [5, 5.41) is 11.5. The standard InChI is InChI=1S/C19H23N7O3S/c1-30(28,29)15-10-20-19-21-11-22-26(19)17(15)12-6-8-25(9-7-12)18(27)16-13-4-2-3-5-14(13)23-24-16/h10-12H,2-9H2,1H3,(H,23,24). The number of H-pyrrole nitrogens is 1. The van der Waals surface area contributed by atoms with Crippen molar-refractivity contribution < 1.29 is 13.2 Å². The van der Waals surface area contributed by atoms with Gasteiger partial charge in [-0.2, -0.15) is 19.7 Å². The Kier molecular flexibility index (Phi) is 4.57. The minimum Gasteiger partial charge on any atom is -0.337 e. The highest BCUT2D eigenvalue weighted by Crippen LogP contribution is 2.33. The highest BCUT2D eigenvalue weighted by Gasteiger charge is 2.32. The van der Waals surface area contributed by atoms with Crippen molar-refractivity contribution in [1.82, 2.24) is 34.7 Å². The number of amides is 1. The first kappa shape index (κ1) is 19.2. The summed E-state index contributed by atoms with van der Waals surface area (Å²) < 4.78 is 26.2. The summed E-state index contributed by atoms with van der Waals surface area (Å²) in [6.07, 6.45) is 9.23. The molecule has 2 aliphatic rings. The molecule has 3 aromatic heterocycles. The molecule has 0 saturated carbocycles. The smallest absolute Gasteiger partial charge is 0.274 e. The van der Waals surface area contributed by atoms with E-state index >= 15 is 0 Å². The van der Waals surface area contributed by atoms with Gasteiger partial charge >= 0.3 is 0 Å². The Hall–Kier alpha value is -2.82. The molecule has 1 fully saturated rings. The van der Waals surface area contributed by atoms with Crippen LogP contribution in [0.1, 0.15) is 59.0 Å². The first-order valence-electron chi connectivity index (χ1n) is 10.2. The Morgan fingerprint density at radius 1 is 1.17 bits per heavy atom. The Labute approximate surface area is 173 Å². The van der Waals surface area contributed by atoms with Gasteiger partial charge in [0.15, 0.2) is 15.5 Å². The number of piperidine rings is 1. The van der Waals surface area contributed by atoms with Gasteiger partial charge < -0.3 is 4.90 Å². The summed E-state index contributed by atoms with van der Waals surface area (Å²) in [5.74, 6) is 0.273. The van der Waals surface area contributed by atoms with E-state index in [-0.39, 0.29) is 16.7 Å². The first-order valence-corrected chi connectivity index (χ1v) is 12.1. The molecule has 0 bridgehead atoms. The van der Waals surface area contributed by atoms with E-state index < -0.39 is 9.84 Å². The van der Waals surface area contributed by atoms with Crippen molar-refractivity contribution >= 4 is 21.5 Å². The van der Waals surface area contributed by atoms with E-state index in [4.69, 9.17) is 0 Å². The lowest BCUT2D eigenvalue weighted by Gasteiger charge is -2.32. The van der Waals surface area contributed by atoms with Crippen LogP contribution in [-0.4, -0.2) is 68.3 Å². The maximum Gasteiger partial charge on any atom is 0.274 e. The van der Waals surface area contributed by atoms with Crippen LogP contribution < -0.4 is 0 Å². The van der Waals surface area contributed by atoms with Gasteiger partial charge in [-0.15, -0.1) is 0 Å². The molecule has 1 saturated heterocycles. The summed E-state index contributed by atoms with van der Waals surface area (Å²) >= 11 is 0. The van der Waals surface area contributed by atoms with Crippen molar-refractivity contribution in [2.24, 2.45) is 0 Å². The maximum atomic E-state index is 13.1. The summed E-state index contributed by atoms with van der Waals surface area (Å²) in [6, 6.07) is 0. The van der Waals surface area contributed by atoms with Gasteiger partial charge in [-0.1, -0.05) is 0 Å². The number of carbonyl (C=O) groups is 1. The lowest BCUT2D eigenvalue weighted by atomic mass is 9.92. The Balaban J connectivity index is 1.40. The molecule has 30 heavy (non-hydrogen) atoms. The molecule has 1 N–H and O–H groups in total. The molecule has 0 atom stereocenters. The zero-order chi connectivity index (χ0) is 20.9. The number of likely N-dealkylation sites (tertiary alicyclic amines) is 1. The van der Waals surface area contributed by atoms with E-state index in [0.29, 0.717) is 43.1 Å². The fourth-order valence-corrected chi connectivity index (χ4v) is 5.48. The summed E-state index contributed by atoms with van der Waals surface area (Å²) in [7, 11) is -3.47. The number of rotatable bonds is 3. The van der Waals surface area contributed by atoms with E-state index in [9.17, 15) is 13.2 Å². The zero-order valence-corrected chi connectivity index (χ0v) is 17.5. The minimum absolute atomic E-state index is 0.0446. The van der Waals surface area contributed by atoms with E-state index in [1.165, 1.54) is 23.3 Å². The highest BCUT2D eigenvalue weighted by molar-refractivity contribution is 7.90. The van der Waals surface area contributed by atoms with E-state index in [0.717, 1.165) is 36.9 Å². The van der Waals surface area contributed by atoms with Crippen molar-refractivity contribution in [3.63, 3.8) is 0 Å². The van der Waals surface area contributed by atoms with Crippen LogP contribution in [0.4, 0.5) is 0 Å². The molecule has 10 nitrogen and oxygen atoms in total. The van der Waals surface area contributed by atoms with Gasteiger partial charge in [0.1, 0.15) is 11.2 Å². The van der Waals surface area contributed by atoms with Crippen molar-refractivity contribution in [3.05, 3.63) is 35.2 Å². The molecule has 4 heterocycles. The summed E-state index contributed by atoms with van der Waals surface area (Å²) in [5.41, 5.74) is 3.29. The van der Waals surface area contributed by atoms with Crippen LogP contribution in [0.5, 0.6) is 0 Å². The van der Waals surface area contributed by atoms with Crippen LogP contribution in [0.3, 0.4) is 0 Å². The monoisotopic (exact) mass is 429 g/mol. The van der Waals surface area contributed by atoms with Crippen LogP contribution in [0.2, 0.25) is 0 Å². The Bertz CT molecular complexity index is 1220. The lowest BCUT2D eigenvalue weighted by molar-refractivity contribution is 0.0703. The number of aryl methyl sites for hydroxylation is 1. The van der Waals surface area contributed by atoms with Gasteiger partial charge in [-0.25, -0.2) is 13.4 Å². The van der Waals surface area contributed by atoms with Crippen LogP contribution >= 0.6 is 0 Å². The van der Waals surface area contributed by atoms with Crippen molar-refractivity contribution in [3.8, 4) is 0 Å². The molecular formula is C19H23N7O3S. The third-order valence-corrected chi connectivity index (χ3v) is 7.25. The van der Waals surface area contributed by atoms with Gasteiger partial charge in [0.05, 0.1) is 11.9 Å². The molecule has 3 aromatic rings. The normalized spacial score (nSPS) is 18.0. The number of hydrogen-bond donors (Lipinski definition) is 1. The predicted octanol–water partition coefficient (Wildman–Crippen LogP) is 1.15. The van der Waals surface area contributed by atoms with Crippen LogP contribution in [-0.2, 0) is 22.7 Å². The summed E-state index contributed by atoms with van der Waals surface area (Å²) in [6.45, 7) is 1.07. The molecule has 0 spiro atoms. The first-order chi connectivity index (χ1) is 14.4. The second-order valence-corrected chi connectivity index (χ2v) is 10.0. The molecule has 0 aromatic carbocycles. The number of fused-ring (bicyclic) bond motifs is 2. The number of sulfone groups is 1. The molecule has 1 aliphatic carbocycles. The number of nitrogens with zero attached hydrogens (tertiary/aromatic N) is 6. The molecule has 11 heteroatoms. The fraction of sp³-hybridized carbons (Fsp3) is 0.526. The average Bonchev–Trinajstić information content (AvgIpc) is 3.39. The van der Waals surface area contributed by atoms with Crippen LogP contribution in [0.25, 0.3) is 5.78 Å². The molecular weight excluding hydrogens is 406 g/mol. The topological polar surface area (TPSA) is 126 Å². The molecule has 1 amide bonds. The Morgan fingerprint density at radius 3 is 2.70 bits per heavy atom. The molecule has 0 unspecified atom stereocenters. The maximum absolute atomic E-state index is 13.1. The fourth-order valence-electron chi connectivity index (χ4n) is 4.60. The minimum atomic E-state index is -3.47. The highest BCUT2D eigenvalue weighted by atomic mass is 32.2. The predicted molar refractivity (Wildman–Crippen MR) is 107 cm³/mol. The van der Waals surface area contributed by atoms with Gasteiger partial charge in [-0.05, 0) is 38.5 Å². The SMILES string of the molecule is CS(=O)(=O)c1cnc2ncnn2c1C1CCN(C(=O)c2n[nH]c3c2CCCC3)CC1.